The van der Waals surface area contributed by atoms with Gasteiger partial charge in [-0.15, -0.1) is 0 Å². The zero-order valence-corrected chi connectivity index (χ0v) is 14.8. The van der Waals surface area contributed by atoms with E-state index >= 15 is 0 Å². The Kier molecular flexibility index (Phi) is 6.03. The van der Waals surface area contributed by atoms with Crippen LogP contribution < -0.4 is 15.8 Å². The summed E-state index contributed by atoms with van der Waals surface area (Å²) in [5, 5.41) is 20.2. The van der Waals surface area contributed by atoms with Crippen molar-refractivity contribution in [3.63, 3.8) is 0 Å². The minimum atomic E-state index is -4.18. The van der Waals surface area contributed by atoms with E-state index in [-0.39, 0.29) is 17.6 Å². The Hall–Kier alpha value is -2.11. The molecular weight excluding hydrogens is 350 g/mol. The summed E-state index contributed by atoms with van der Waals surface area (Å²) >= 11 is 0. The minimum Gasteiger partial charge on any atom is -0.477 e. The Bertz CT molecular complexity index is 737. The lowest BCUT2D eigenvalue weighted by Crippen LogP contribution is -2.45. The average Bonchev–Trinajstić information content (AvgIpc) is 3.00. The Morgan fingerprint density at radius 1 is 1.32 bits per heavy atom. The second-order valence-electron chi connectivity index (χ2n) is 5.86. The van der Waals surface area contributed by atoms with Crippen LogP contribution in [0.2, 0.25) is 0 Å². The standard InChI is InChI=1S/C14H23N5O5S/c1-16-5-6-17-14(22)18-7-2-10(3-8-18)11-4-9-19(25(15,23)24)12(11)13(20)21/h4,9-10,16H,2-3,5-8H2,1H3,(H,17,22)(H,20,21)(H2,15,23,24). The monoisotopic (exact) mass is 373 g/mol. The lowest BCUT2D eigenvalue weighted by atomic mass is 9.89. The van der Waals surface area contributed by atoms with E-state index in [1.165, 1.54) is 6.07 Å². The van der Waals surface area contributed by atoms with Gasteiger partial charge in [0.05, 0.1) is 0 Å². The Balaban J connectivity index is 2.07. The van der Waals surface area contributed by atoms with E-state index < -0.39 is 16.2 Å². The number of nitrogens with two attached hydrogens (primary N) is 1. The highest BCUT2D eigenvalue weighted by Gasteiger charge is 2.30. The lowest BCUT2D eigenvalue weighted by molar-refractivity contribution is 0.0686. The first-order valence-electron chi connectivity index (χ1n) is 7.91. The number of nitrogens with zero attached hydrogens (tertiary/aromatic N) is 2. The average molecular weight is 373 g/mol. The van der Waals surface area contributed by atoms with Gasteiger partial charge in [0, 0.05) is 32.4 Å². The number of piperidine rings is 1. The van der Waals surface area contributed by atoms with Gasteiger partial charge in [-0.2, -0.15) is 8.42 Å². The molecule has 0 saturated carbocycles. The molecule has 2 rings (SSSR count). The number of urea groups is 1. The van der Waals surface area contributed by atoms with Crippen LogP contribution >= 0.6 is 0 Å². The van der Waals surface area contributed by atoms with Crippen LogP contribution in [0.25, 0.3) is 0 Å². The van der Waals surface area contributed by atoms with Gasteiger partial charge in [0.15, 0.2) is 0 Å². The molecular formula is C14H23N5O5S. The summed E-state index contributed by atoms with van der Waals surface area (Å²) in [5.41, 5.74) is 0.0937. The van der Waals surface area contributed by atoms with Crippen LogP contribution in [0.4, 0.5) is 4.79 Å². The highest BCUT2D eigenvalue weighted by atomic mass is 32.2. The molecule has 11 heteroatoms. The summed E-state index contributed by atoms with van der Waals surface area (Å²) in [6.07, 6.45) is 2.26. The number of likely N-dealkylation sites (N-methyl/N-ethyl adjacent to an activating group) is 1. The van der Waals surface area contributed by atoms with E-state index in [0.29, 0.717) is 48.6 Å². The van der Waals surface area contributed by atoms with E-state index in [1.807, 2.05) is 0 Å². The fraction of sp³-hybridized carbons (Fsp3) is 0.571. The number of carbonyl (C=O) groups excluding carboxylic acids is 1. The Morgan fingerprint density at radius 3 is 2.48 bits per heavy atom. The zero-order chi connectivity index (χ0) is 18.6. The van der Waals surface area contributed by atoms with E-state index in [1.54, 1.807) is 11.9 Å². The van der Waals surface area contributed by atoms with Gasteiger partial charge in [-0.25, -0.2) is 18.7 Å². The highest BCUT2D eigenvalue weighted by Crippen LogP contribution is 2.31. The number of hydrogen-bond acceptors (Lipinski definition) is 5. The maximum atomic E-state index is 12.0. The third-order valence-electron chi connectivity index (χ3n) is 4.23. The third-order valence-corrected chi connectivity index (χ3v) is 5.09. The van der Waals surface area contributed by atoms with Crippen molar-refractivity contribution in [3.8, 4) is 0 Å². The molecule has 2 amide bonds. The molecule has 140 valence electrons. The van der Waals surface area contributed by atoms with Crippen LogP contribution in [-0.2, 0) is 10.2 Å². The van der Waals surface area contributed by atoms with E-state index in [4.69, 9.17) is 5.14 Å². The van der Waals surface area contributed by atoms with E-state index in [9.17, 15) is 23.1 Å². The Labute approximate surface area is 146 Å². The van der Waals surface area contributed by atoms with Gasteiger partial charge in [-0.3, -0.25) is 0 Å². The van der Waals surface area contributed by atoms with Crippen molar-refractivity contribution < 1.29 is 23.1 Å². The van der Waals surface area contributed by atoms with Crippen molar-refractivity contribution in [2.45, 2.75) is 18.8 Å². The van der Waals surface area contributed by atoms with Crippen molar-refractivity contribution in [3.05, 3.63) is 23.5 Å². The quantitative estimate of drug-likeness (QED) is 0.487. The number of amides is 2. The summed E-state index contributed by atoms with van der Waals surface area (Å²) < 4.78 is 23.6. The summed E-state index contributed by atoms with van der Waals surface area (Å²) in [4.78, 5) is 25.2. The number of likely N-dealkylation sites (tertiary alicyclic amines) is 1. The predicted octanol–water partition coefficient (Wildman–Crippen LogP) is -0.654. The highest BCUT2D eigenvalue weighted by molar-refractivity contribution is 7.87. The minimum absolute atomic E-state index is 0.143. The molecule has 0 radical (unpaired) electrons. The molecule has 1 aromatic heterocycles. The number of carboxylic acid groups (broad SMARTS) is 1. The van der Waals surface area contributed by atoms with Gasteiger partial charge in [-0.05, 0) is 37.4 Å². The maximum absolute atomic E-state index is 12.0. The number of rotatable bonds is 6. The maximum Gasteiger partial charge on any atom is 0.353 e. The van der Waals surface area contributed by atoms with Crippen LogP contribution in [0.1, 0.15) is 34.8 Å². The number of aromatic nitrogens is 1. The molecule has 1 aliphatic rings. The van der Waals surface area contributed by atoms with Crippen LogP contribution in [0.5, 0.6) is 0 Å². The predicted molar refractivity (Wildman–Crippen MR) is 90.8 cm³/mol. The Morgan fingerprint density at radius 2 is 1.96 bits per heavy atom. The summed E-state index contributed by atoms with van der Waals surface area (Å²) in [7, 11) is -2.38. The summed E-state index contributed by atoms with van der Waals surface area (Å²) in [6, 6.07) is 1.32. The van der Waals surface area contributed by atoms with Gasteiger partial charge in [0.2, 0.25) is 0 Å². The van der Waals surface area contributed by atoms with Crippen LogP contribution in [0.15, 0.2) is 12.3 Å². The topological polar surface area (TPSA) is 147 Å². The molecule has 1 saturated heterocycles. The van der Waals surface area contributed by atoms with Gasteiger partial charge < -0.3 is 20.6 Å². The first-order valence-corrected chi connectivity index (χ1v) is 9.41. The van der Waals surface area contributed by atoms with Crippen molar-refractivity contribution in [2.24, 2.45) is 5.14 Å². The van der Waals surface area contributed by atoms with Gasteiger partial charge in [0.25, 0.3) is 0 Å². The molecule has 2 heterocycles. The van der Waals surface area contributed by atoms with E-state index in [0.717, 1.165) is 6.20 Å². The van der Waals surface area contributed by atoms with Gasteiger partial charge in [-0.1, -0.05) is 0 Å². The number of hydrogen-bond donors (Lipinski definition) is 4. The summed E-state index contributed by atoms with van der Waals surface area (Å²) in [6.45, 7) is 2.13. The van der Waals surface area contributed by atoms with Crippen LogP contribution in [-0.4, -0.2) is 67.6 Å². The molecule has 25 heavy (non-hydrogen) atoms. The van der Waals surface area contributed by atoms with Crippen molar-refractivity contribution in [1.82, 2.24) is 19.5 Å². The van der Waals surface area contributed by atoms with Gasteiger partial charge >= 0.3 is 22.2 Å². The molecule has 0 atom stereocenters. The molecule has 1 fully saturated rings. The number of carboxylic acids is 1. The molecule has 0 aliphatic carbocycles. The lowest BCUT2D eigenvalue weighted by Gasteiger charge is -2.32. The molecule has 10 nitrogen and oxygen atoms in total. The van der Waals surface area contributed by atoms with E-state index in [2.05, 4.69) is 10.6 Å². The molecule has 0 unspecified atom stereocenters. The molecule has 1 aliphatic heterocycles. The summed E-state index contributed by atoms with van der Waals surface area (Å²) in [5.74, 6) is -1.49. The normalized spacial score (nSPS) is 16.0. The SMILES string of the molecule is CNCCNC(=O)N1CCC(c2ccn(S(N)(=O)=O)c2C(=O)O)CC1. The van der Waals surface area contributed by atoms with Crippen molar-refractivity contribution >= 4 is 22.2 Å². The van der Waals surface area contributed by atoms with Crippen molar-refractivity contribution in [1.29, 1.82) is 0 Å². The second kappa shape index (κ2) is 7.85. The smallest absolute Gasteiger partial charge is 0.353 e. The number of carbonyl (C=O) groups is 2. The molecule has 5 N–H and O–H groups in total. The fourth-order valence-electron chi connectivity index (χ4n) is 2.99. The fourth-order valence-corrected chi connectivity index (χ4v) is 3.66. The third kappa shape index (κ3) is 4.50. The van der Waals surface area contributed by atoms with Crippen LogP contribution in [0.3, 0.4) is 0 Å². The molecule has 0 aromatic carbocycles. The first-order chi connectivity index (χ1) is 11.8. The largest absolute Gasteiger partial charge is 0.477 e. The number of nitrogens with one attached hydrogen (secondary N) is 2. The first kappa shape index (κ1) is 19.2. The van der Waals surface area contributed by atoms with Crippen LogP contribution in [0, 0.1) is 0 Å². The molecule has 0 bridgehead atoms. The zero-order valence-electron chi connectivity index (χ0n) is 13.9. The molecule has 0 spiro atoms. The second-order valence-corrected chi connectivity index (χ2v) is 7.29. The van der Waals surface area contributed by atoms with Gasteiger partial charge in [0.1, 0.15) is 5.69 Å². The molecule has 1 aromatic rings. The number of aromatic carboxylic acids is 1. The van der Waals surface area contributed by atoms with Crippen molar-refractivity contribution in [2.75, 3.05) is 33.2 Å².